The molecule has 0 aliphatic rings. The van der Waals surface area contributed by atoms with Crippen molar-refractivity contribution in [1.29, 1.82) is 0 Å². The molecule has 2 heterocycles. The average molecular weight is 210 g/mol. The van der Waals surface area contributed by atoms with Crippen LogP contribution in [-0.2, 0) is 0 Å². The Balaban J connectivity index is 2.65. The highest BCUT2D eigenvalue weighted by atomic mass is 16.1. The third-order valence-electron chi connectivity index (χ3n) is 2.26. The van der Waals surface area contributed by atoms with Crippen LogP contribution in [0.5, 0.6) is 0 Å². The molecule has 76 valence electrons. The summed E-state index contributed by atoms with van der Waals surface area (Å²) in [6.45, 7) is 0. The molecule has 3 aromatic rings. The Bertz CT molecular complexity index is 742. The first-order valence-electron chi connectivity index (χ1n) is 4.71. The third-order valence-corrected chi connectivity index (χ3v) is 2.26. The topological polar surface area (TPSA) is 68.6 Å². The summed E-state index contributed by atoms with van der Waals surface area (Å²) in [6.07, 6.45) is 2.87. The first-order chi connectivity index (χ1) is 7.84. The van der Waals surface area contributed by atoms with E-state index in [1.165, 1.54) is 12.5 Å². The number of para-hydroxylation sites is 1. The molecule has 5 heteroatoms. The van der Waals surface area contributed by atoms with Gasteiger partial charge in [0.25, 0.3) is 5.56 Å². The molecule has 2 aromatic heterocycles. The van der Waals surface area contributed by atoms with Gasteiger partial charge >= 0.3 is 0 Å². The lowest BCUT2D eigenvalue weighted by Crippen LogP contribution is -2.01. The van der Waals surface area contributed by atoms with Crippen molar-refractivity contribution >= 4 is 22.1 Å². The molecule has 3 rings (SSSR count). The number of rotatable bonds is 0. The Kier molecular flexibility index (Phi) is 1.83. The van der Waals surface area contributed by atoms with Crippen LogP contribution in [0.2, 0.25) is 0 Å². The molecular formula is C11H6N4O. The van der Waals surface area contributed by atoms with Crippen LogP contribution in [0.15, 0.2) is 41.6 Å². The standard InChI is InChI=1S/C11H6N4O/c16-11-7-3-1-2-4-8(7)14-10-9(15-11)5-12-6-13-10/h1-6H. The zero-order valence-corrected chi connectivity index (χ0v) is 8.16. The Morgan fingerprint density at radius 3 is 2.81 bits per heavy atom. The van der Waals surface area contributed by atoms with E-state index in [1.807, 2.05) is 6.07 Å². The van der Waals surface area contributed by atoms with Crippen molar-refractivity contribution in [3.63, 3.8) is 0 Å². The van der Waals surface area contributed by atoms with Gasteiger partial charge in [0.2, 0.25) is 0 Å². The largest absolute Gasteiger partial charge is 0.279 e. The lowest BCUT2D eigenvalue weighted by molar-refractivity contribution is 1.18. The molecule has 1 aromatic carbocycles. The van der Waals surface area contributed by atoms with Gasteiger partial charge < -0.3 is 0 Å². The fourth-order valence-electron chi connectivity index (χ4n) is 1.52. The van der Waals surface area contributed by atoms with E-state index in [0.717, 1.165) is 0 Å². The molecule has 0 atom stereocenters. The number of benzene rings is 1. The first kappa shape index (κ1) is 8.84. The molecule has 5 nitrogen and oxygen atoms in total. The quantitative estimate of drug-likeness (QED) is 0.552. The Labute approximate surface area is 89.8 Å². The Hall–Kier alpha value is -2.43. The maximum absolute atomic E-state index is 11.8. The monoisotopic (exact) mass is 210 g/mol. The van der Waals surface area contributed by atoms with Gasteiger partial charge in [-0.05, 0) is 12.1 Å². The highest BCUT2D eigenvalue weighted by molar-refractivity contribution is 5.81. The van der Waals surface area contributed by atoms with Gasteiger partial charge in [-0.3, -0.25) is 4.79 Å². The van der Waals surface area contributed by atoms with Gasteiger partial charge in [-0.25, -0.2) is 19.9 Å². The van der Waals surface area contributed by atoms with Crippen molar-refractivity contribution in [2.75, 3.05) is 0 Å². The highest BCUT2D eigenvalue weighted by Gasteiger charge is 2.01. The van der Waals surface area contributed by atoms with E-state index in [9.17, 15) is 4.79 Å². The number of fused-ring (bicyclic) bond motifs is 2. The summed E-state index contributed by atoms with van der Waals surface area (Å²) >= 11 is 0. The average Bonchev–Trinajstić information content (AvgIpc) is 2.45. The number of nitrogens with zero attached hydrogens (tertiary/aromatic N) is 4. The molecule has 0 spiro atoms. The van der Waals surface area contributed by atoms with E-state index in [0.29, 0.717) is 22.1 Å². The van der Waals surface area contributed by atoms with Crippen LogP contribution in [0.3, 0.4) is 0 Å². The molecule has 0 N–H and O–H groups in total. The second-order valence-electron chi connectivity index (χ2n) is 3.28. The Morgan fingerprint density at radius 1 is 1.00 bits per heavy atom. The van der Waals surface area contributed by atoms with Gasteiger partial charge in [0.05, 0.1) is 17.1 Å². The van der Waals surface area contributed by atoms with Gasteiger partial charge in [0.1, 0.15) is 11.8 Å². The smallest absolute Gasteiger partial charge is 0.267 e. The van der Waals surface area contributed by atoms with Gasteiger partial charge in [-0.2, -0.15) is 0 Å². The zero-order valence-electron chi connectivity index (χ0n) is 8.16. The van der Waals surface area contributed by atoms with Gasteiger partial charge in [0, 0.05) is 0 Å². The predicted molar refractivity (Wildman–Crippen MR) is 58.9 cm³/mol. The summed E-state index contributed by atoms with van der Waals surface area (Å²) < 4.78 is 0. The fraction of sp³-hybridized carbons (Fsp3) is 0. The summed E-state index contributed by atoms with van der Waals surface area (Å²) in [4.78, 5) is 27.8. The van der Waals surface area contributed by atoms with E-state index < -0.39 is 0 Å². The van der Waals surface area contributed by atoms with Gasteiger partial charge in [-0.1, -0.05) is 12.1 Å². The molecule has 0 bridgehead atoms. The number of hydrogen-bond acceptors (Lipinski definition) is 5. The molecular weight excluding hydrogens is 204 g/mol. The van der Waals surface area contributed by atoms with E-state index in [1.54, 1.807) is 18.2 Å². The highest BCUT2D eigenvalue weighted by Crippen LogP contribution is 2.07. The summed E-state index contributed by atoms with van der Waals surface area (Å²) in [7, 11) is 0. The summed E-state index contributed by atoms with van der Waals surface area (Å²) in [5, 5.41) is 0.487. The minimum atomic E-state index is -0.312. The fourth-order valence-corrected chi connectivity index (χ4v) is 1.52. The van der Waals surface area contributed by atoms with Crippen molar-refractivity contribution in [1.82, 2.24) is 19.9 Å². The van der Waals surface area contributed by atoms with E-state index in [-0.39, 0.29) is 5.56 Å². The second kappa shape index (κ2) is 3.30. The van der Waals surface area contributed by atoms with Gasteiger partial charge in [0.15, 0.2) is 5.65 Å². The zero-order chi connectivity index (χ0) is 11.0. The molecule has 0 fully saturated rings. The molecule has 16 heavy (non-hydrogen) atoms. The molecule has 0 aliphatic carbocycles. The lowest BCUT2D eigenvalue weighted by atomic mass is 10.2. The minimum Gasteiger partial charge on any atom is -0.267 e. The molecule has 0 aliphatic heterocycles. The Morgan fingerprint density at radius 2 is 1.88 bits per heavy atom. The van der Waals surface area contributed by atoms with Crippen molar-refractivity contribution in [3.05, 3.63) is 47.1 Å². The van der Waals surface area contributed by atoms with Crippen LogP contribution < -0.4 is 5.56 Å². The summed E-state index contributed by atoms with van der Waals surface area (Å²) in [5.41, 5.74) is 1.11. The number of aromatic nitrogens is 4. The minimum absolute atomic E-state index is 0.312. The summed E-state index contributed by atoms with van der Waals surface area (Å²) in [6, 6.07) is 7.06. The molecule has 0 amide bonds. The van der Waals surface area contributed by atoms with E-state index in [4.69, 9.17) is 0 Å². The predicted octanol–water partition coefficient (Wildman–Crippen LogP) is 0.933. The van der Waals surface area contributed by atoms with Crippen molar-refractivity contribution in [2.24, 2.45) is 0 Å². The van der Waals surface area contributed by atoms with Crippen LogP contribution in [0.25, 0.3) is 22.1 Å². The van der Waals surface area contributed by atoms with E-state index in [2.05, 4.69) is 19.9 Å². The maximum Gasteiger partial charge on any atom is 0.279 e. The van der Waals surface area contributed by atoms with E-state index >= 15 is 0 Å². The van der Waals surface area contributed by atoms with Crippen molar-refractivity contribution in [2.45, 2.75) is 0 Å². The van der Waals surface area contributed by atoms with Crippen LogP contribution >= 0.6 is 0 Å². The van der Waals surface area contributed by atoms with Crippen LogP contribution in [0.4, 0.5) is 0 Å². The van der Waals surface area contributed by atoms with Gasteiger partial charge in [-0.15, -0.1) is 0 Å². The lowest BCUT2D eigenvalue weighted by Gasteiger charge is -1.87. The first-order valence-corrected chi connectivity index (χ1v) is 4.71. The number of hydrogen-bond donors (Lipinski definition) is 0. The molecule has 0 unspecified atom stereocenters. The van der Waals surface area contributed by atoms with Crippen molar-refractivity contribution in [3.8, 4) is 0 Å². The maximum atomic E-state index is 11.8. The second-order valence-corrected chi connectivity index (χ2v) is 3.28. The summed E-state index contributed by atoms with van der Waals surface area (Å²) in [5.74, 6) is 0. The molecule has 0 radical (unpaired) electrons. The molecule has 0 saturated heterocycles. The molecule has 0 saturated carbocycles. The SMILES string of the molecule is O=c1nc2cncnc2nc2ccccc12. The third kappa shape index (κ3) is 1.30. The van der Waals surface area contributed by atoms with Crippen molar-refractivity contribution < 1.29 is 0 Å². The van der Waals surface area contributed by atoms with Crippen LogP contribution in [0.1, 0.15) is 0 Å². The van der Waals surface area contributed by atoms with Crippen LogP contribution in [-0.4, -0.2) is 19.9 Å². The van der Waals surface area contributed by atoms with Crippen LogP contribution in [0, 0.1) is 0 Å². The normalized spacial score (nSPS) is 10.8.